The van der Waals surface area contributed by atoms with Crippen LogP contribution in [0.2, 0.25) is 5.02 Å². The van der Waals surface area contributed by atoms with Gasteiger partial charge >= 0.3 is 0 Å². The third-order valence-corrected chi connectivity index (χ3v) is 5.60. The Morgan fingerprint density at radius 1 is 1.03 bits per heavy atom. The lowest BCUT2D eigenvalue weighted by atomic mass is 9.99. The lowest BCUT2D eigenvalue weighted by Crippen LogP contribution is -2.17. The Labute approximate surface area is 199 Å². The van der Waals surface area contributed by atoms with Crippen molar-refractivity contribution in [2.75, 3.05) is 0 Å². The highest BCUT2D eigenvalue weighted by atomic mass is 35.5. The first-order chi connectivity index (χ1) is 16.3. The average molecular weight is 479 g/mol. The molecule has 0 aliphatic rings. The van der Waals surface area contributed by atoms with Crippen molar-refractivity contribution in [1.82, 2.24) is 19.1 Å². The van der Waals surface area contributed by atoms with Crippen LogP contribution in [0.3, 0.4) is 0 Å². The minimum atomic E-state index is -1.46. The van der Waals surface area contributed by atoms with Crippen molar-refractivity contribution in [3.05, 3.63) is 118 Å². The van der Waals surface area contributed by atoms with Crippen LogP contribution in [-0.4, -0.2) is 19.1 Å². The van der Waals surface area contributed by atoms with Crippen molar-refractivity contribution in [3.63, 3.8) is 0 Å². The lowest BCUT2D eigenvalue weighted by Gasteiger charge is -2.14. The van der Waals surface area contributed by atoms with E-state index in [1.54, 1.807) is 62.0 Å². The molecule has 0 saturated heterocycles. The first kappa shape index (κ1) is 23.3. The topological polar surface area (TPSA) is 52.7 Å². The maximum absolute atomic E-state index is 15.1. The van der Waals surface area contributed by atoms with Crippen LogP contribution < -0.4 is 5.56 Å². The van der Waals surface area contributed by atoms with Gasteiger partial charge in [-0.25, -0.2) is 13.8 Å². The van der Waals surface area contributed by atoms with Gasteiger partial charge in [-0.15, -0.1) is 0 Å². The van der Waals surface area contributed by atoms with E-state index in [9.17, 15) is 9.18 Å². The molecule has 0 amide bonds. The summed E-state index contributed by atoms with van der Waals surface area (Å²) in [7, 11) is 3.56. The molecule has 1 unspecified atom stereocenters. The van der Waals surface area contributed by atoms with Crippen LogP contribution in [-0.2, 0) is 14.1 Å². The van der Waals surface area contributed by atoms with Crippen molar-refractivity contribution < 1.29 is 8.78 Å². The van der Waals surface area contributed by atoms with Crippen LogP contribution in [0.5, 0.6) is 0 Å². The molecule has 3 aromatic heterocycles. The second kappa shape index (κ2) is 9.97. The number of rotatable bonds is 3. The molecule has 0 N–H and O–H groups in total. The molecule has 0 spiro atoms. The molecule has 5 aromatic rings. The van der Waals surface area contributed by atoms with Crippen LogP contribution in [0.15, 0.2) is 90.4 Å². The molecule has 0 aliphatic heterocycles. The Hall–Kier alpha value is -3.84. The van der Waals surface area contributed by atoms with Gasteiger partial charge in [-0.05, 0) is 47.0 Å². The highest BCUT2D eigenvalue weighted by Crippen LogP contribution is 2.32. The zero-order valence-electron chi connectivity index (χ0n) is 18.5. The normalized spacial score (nSPS) is 11.7. The number of aryl methyl sites for hydroxylation is 2. The average Bonchev–Trinajstić information content (AvgIpc) is 3.32. The van der Waals surface area contributed by atoms with Gasteiger partial charge in [-0.3, -0.25) is 9.78 Å². The Morgan fingerprint density at radius 2 is 1.79 bits per heavy atom. The number of hydrogen-bond acceptors (Lipinski definition) is 3. The van der Waals surface area contributed by atoms with Crippen LogP contribution >= 0.6 is 11.6 Å². The van der Waals surface area contributed by atoms with Crippen molar-refractivity contribution in [2.45, 2.75) is 6.17 Å². The van der Waals surface area contributed by atoms with Crippen molar-refractivity contribution in [2.24, 2.45) is 14.1 Å². The molecule has 0 aliphatic carbocycles. The molecular formula is C26H21ClF2N4O. The van der Waals surface area contributed by atoms with Crippen LogP contribution in [0.25, 0.3) is 22.0 Å². The smallest absolute Gasteiger partial charge is 0.251 e. The van der Waals surface area contributed by atoms with E-state index >= 15 is 4.39 Å². The van der Waals surface area contributed by atoms with Gasteiger partial charge in [-0.2, -0.15) is 0 Å². The third kappa shape index (κ3) is 5.05. The minimum Gasteiger partial charge on any atom is -0.341 e. The van der Waals surface area contributed by atoms with E-state index in [2.05, 4.69) is 9.97 Å². The van der Waals surface area contributed by atoms with Gasteiger partial charge in [0.15, 0.2) is 6.17 Å². The molecule has 0 fully saturated rings. The van der Waals surface area contributed by atoms with Gasteiger partial charge in [0.25, 0.3) is 5.56 Å². The Morgan fingerprint density at radius 3 is 2.41 bits per heavy atom. The Kier molecular flexibility index (Phi) is 6.84. The number of halogens is 3. The summed E-state index contributed by atoms with van der Waals surface area (Å²) in [4.78, 5) is 20.3. The molecule has 0 bridgehead atoms. The van der Waals surface area contributed by atoms with Gasteiger partial charge < -0.3 is 9.13 Å². The van der Waals surface area contributed by atoms with Crippen molar-refractivity contribution in [1.29, 1.82) is 0 Å². The summed E-state index contributed by atoms with van der Waals surface area (Å²) in [5.41, 5.74) is 1.99. The zero-order valence-corrected chi connectivity index (χ0v) is 19.2. The minimum absolute atomic E-state index is 0.200. The van der Waals surface area contributed by atoms with Gasteiger partial charge in [0, 0.05) is 43.0 Å². The fourth-order valence-corrected chi connectivity index (χ4v) is 3.65. The molecule has 5 nitrogen and oxygen atoms in total. The summed E-state index contributed by atoms with van der Waals surface area (Å²) in [5, 5.41) is 1.14. The first-order valence-corrected chi connectivity index (χ1v) is 10.8. The van der Waals surface area contributed by atoms with Gasteiger partial charge in [0.1, 0.15) is 5.82 Å². The predicted octanol–water partition coefficient (Wildman–Crippen LogP) is 5.87. The van der Waals surface area contributed by atoms with Crippen molar-refractivity contribution >= 4 is 22.5 Å². The summed E-state index contributed by atoms with van der Waals surface area (Å²) in [5.74, 6) is -0.412. The summed E-state index contributed by atoms with van der Waals surface area (Å²) in [6.45, 7) is 0. The molecule has 172 valence electrons. The number of pyridine rings is 2. The number of aromatic nitrogens is 4. The number of imidazole rings is 1. The van der Waals surface area contributed by atoms with Crippen molar-refractivity contribution in [3.8, 4) is 11.1 Å². The maximum atomic E-state index is 15.1. The number of benzene rings is 2. The number of fused-ring (bicyclic) bond motifs is 1. The summed E-state index contributed by atoms with van der Waals surface area (Å²) < 4.78 is 32.1. The van der Waals surface area contributed by atoms with E-state index in [-0.39, 0.29) is 11.3 Å². The zero-order chi connectivity index (χ0) is 24.2. The molecular weight excluding hydrogens is 458 g/mol. The summed E-state index contributed by atoms with van der Waals surface area (Å²) in [6, 6.07) is 15.4. The SMILES string of the molecule is Cn1c(=O)cc(-c2cccc(F)c2)c2cc(C(F)c3ccc(Cl)cc3)ncc21.Cn1ccnc1. The highest BCUT2D eigenvalue weighted by Gasteiger charge is 2.17. The number of hydrogen-bond donors (Lipinski definition) is 0. The van der Waals surface area contributed by atoms with Gasteiger partial charge in [0.2, 0.25) is 0 Å². The predicted molar refractivity (Wildman–Crippen MR) is 130 cm³/mol. The standard InChI is InChI=1S/C22H15ClF2N2O.C4H6N2/c1-27-20-12-26-19(22(25)13-5-7-15(23)8-6-13)10-18(20)17(11-21(27)28)14-3-2-4-16(24)9-14;1-6-3-2-5-4-6/h2-12,22H,1H3;2-4H,1H3. The van der Waals surface area contributed by atoms with Crippen LogP contribution in [0.1, 0.15) is 17.4 Å². The molecule has 8 heteroatoms. The van der Waals surface area contributed by atoms with Gasteiger partial charge in [0.05, 0.1) is 23.7 Å². The molecule has 3 heterocycles. The fraction of sp³-hybridized carbons (Fsp3) is 0.115. The third-order valence-electron chi connectivity index (χ3n) is 5.35. The van der Waals surface area contributed by atoms with E-state index in [1.807, 2.05) is 17.8 Å². The van der Waals surface area contributed by atoms with E-state index in [4.69, 9.17) is 11.6 Å². The van der Waals surface area contributed by atoms with E-state index in [0.29, 0.717) is 32.6 Å². The largest absolute Gasteiger partial charge is 0.341 e. The van der Waals surface area contributed by atoms with Crippen LogP contribution in [0.4, 0.5) is 8.78 Å². The van der Waals surface area contributed by atoms with E-state index in [1.165, 1.54) is 29.0 Å². The summed E-state index contributed by atoms with van der Waals surface area (Å²) in [6.07, 6.45) is 5.40. The monoisotopic (exact) mass is 478 g/mol. The number of nitrogens with zero attached hydrogens (tertiary/aromatic N) is 4. The second-order valence-corrected chi connectivity index (χ2v) is 8.17. The maximum Gasteiger partial charge on any atom is 0.251 e. The molecule has 0 saturated carbocycles. The molecule has 34 heavy (non-hydrogen) atoms. The fourth-order valence-electron chi connectivity index (χ4n) is 3.53. The summed E-state index contributed by atoms with van der Waals surface area (Å²) >= 11 is 5.87. The second-order valence-electron chi connectivity index (χ2n) is 7.73. The van der Waals surface area contributed by atoms with E-state index < -0.39 is 12.0 Å². The number of alkyl halides is 1. The Bertz CT molecular complexity index is 1480. The first-order valence-electron chi connectivity index (χ1n) is 10.4. The Balaban J connectivity index is 0.000000398. The molecule has 1 atom stereocenters. The lowest BCUT2D eigenvalue weighted by molar-refractivity contribution is 0.394. The molecule has 0 radical (unpaired) electrons. The van der Waals surface area contributed by atoms with Gasteiger partial charge in [-0.1, -0.05) is 35.9 Å². The van der Waals surface area contributed by atoms with E-state index in [0.717, 1.165) is 0 Å². The highest BCUT2D eigenvalue weighted by molar-refractivity contribution is 6.30. The molecule has 5 rings (SSSR count). The quantitative estimate of drug-likeness (QED) is 0.326. The van der Waals surface area contributed by atoms with Crippen LogP contribution in [0, 0.1) is 5.82 Å². The molecule has 2 aromatic carbocycles.